The first-order chi connectivity index (χ1) is 8.40. The predicted octanol–water partition coefficient (Wildman–Crippen LogP) is 2.90. The lowest BCUT2D eigenvalue weighted by molar-refractivity contribution is 0.388. The summed E-state index contributed by atoms with van der Waals surface area (Å²) in [6.07, 6.45) is 16.6. The normalized spacial score (nSPS) is 12.8. The van der Waals surface area contributed by atoms with Crippen molar-refractivity contribution in [3.05, 3.63) is 37.4 Å². The zero-order valence-corrected chi connectivity index (χ0v) is 10.4. The maximum Gasteiger partial charge on any atom is 0.0949 e. The average Bonchev–Trinajstić information content (AvgIpc) is 3.01. The molecule has 0 saturated heterocycles. The van der Waals surface area contributed by atoms with Crippen molar-refractivity contribution in [1.82, 2.24) is 19.1 Å². The molecular weight excluding hydrogens is 212 g/mol. The molecule has 0 amide bonds. The molecule has 0 N–H and O–H groups in total. The highest BCUT2D eigenvalue weighted by Crippen LogP contribution is 2.17. The maximum absolute atomic E-state index is 4.14. The van der Waals surface area contributed by atoms with Gasteiger partial charge in [-0.2, -0.15) is 0 Å². The first kappa shape index (κ1) is 11.9. The Hall–Kier alpha value is -1.58. The van der Waals surface area contributed by atoms with E-state index in [0.717, 1.165) is 6.54 Å². The van der Waals surface area contributed by atoms with Crippen LogP contribution in [0, 0.1) is 0 Å². The molecule has 0 aliphatic heterocycles. The van der Waals surface area contributed by atoms with Crippen molar-refractivity contribution >= 4 is 0 Å². The van der Waals surface area contributed by atoms with E-state index in [4.69, 9.17) is 0 Å². The molecule has 2 aromatic rings. The van der Waals surface area contributed by atoms with E-state index in [9.17, 15) is 0 Å². The molecule has 1 atom stereocenters. The molecule has 2 heterocycles. The smallest absolute Gasteiger partial charge is 0.0949 e. The summed E-state index contributed by atoms with van der Waals surface area (Å²) < 4.78 is 4.34. The number of imidazole rings is 2. The molecule has 2 aromatic heterocycles. The Morgan fingerprint density at radius 2 is 1.88 bits per heavy atom. The highest BCUT2D eigenvalue weighted by molar-refractivity contribution is 4.83. The minimum Gasteiger partial charge on any atom is -0.335 e. The molecule has 0 spiro atoms. The van der Waals surface area contributed by atoms with Crippen LogP contribution in [0.5, 0.6) is 0 Å². The van der Waals surface area contributed by atoms with Crippen LogP contribution in [0.2, 0.25) is 0 Å². The van der Waals surface area contributed by atoms with Crippen molar-refractivity contribution < 1.29 is 0 Å². The van der Waals surface area contributed by atoms with Crippen molar-refractivity contribution in [3.63, 3.8) is 0 Å². The van der Waals surface area contributed by atoms with Crippen molar-refractivity contribution in [3.8, 4) is 0 Å². The minimum atomic E-state index is 0.484. The fourth-order valence-corrected chi connectivity index (χ4v) is 2.09. The SMILES string of the molecule is CCCCCC(Cn1ccnc1)n1ccnc1. The van der Waals surface area contributed by atoms with Gasteiger partial charge in [0.05, 0.1) is 18.7 Å². The summed E-state index contributed by atoms with van der Waals surface area (Å²) in [6, 6.07) is 0.484. The summed E-state index contributed by atoms with van der Waals surface area (Å²) in [5.74, 6) is 0. The lowest BCUT2D eigenvalue weighted by Crippen LogP contribution is -2.14. The first-order valence-electron chi connectivity index (χ1n) is 6.33. The molecule has 92 valence electrons. The van der Waals surface area contributed by atoms with Crippen molar-refractivity contribution in [2.45, 2.75) is 45.2 Å². The van der Waals surface area contributed by atoms with Crippen LogP contribution < -0.4 is 0 Å². The number of hydrogen-bond acceptors (Lipinski definition) is 2. The molecule has 0 fully saturated rings. The van der Waals surface area contributed by atoms with Gasteiger partial charge in [-0.1, -0.05) is 26.2 Å². The molecule has 0 aliphatic carbocycles. The predicted molar refractivity (Wildman–Crippen MR) is 67.6 cm³/mol. The van der Waals surface area contributed by atoms with E-state index in [1.165, 1.54) is 25.7 Å². The van der Waals surface area contributed by atoms with Gasteiger partial charge in [0.2, 0.25) is 0 Å². The van der Waals surface area contributed by atoms with Gasteiger partial charge in [-0.25, -0.2) is 9.97 Å². The van der Waals surface area contributed by atoms with Gasteiger partial charge >= 0.3 is 0 Å². The second kappa shape index (κ2) is 6.23. The zero-order valence-electron chi connectivity index (χ0n) is 10.4. The van der Waals surface area contributed by atoms with Crippen LogP contribution in [0.25, 0.3) is 0 Å². The molecule has 0 bridgehead atoms. The van der Waals surface area contributed by atoms with E-state index < -0.39 is 0 Å². The van der Waals surface area contributed by atoms with Crippen LogP contribution >= 0.6 is 0 Å². The Kier molecular flexibility index (Phi) is 4.36. The molecule has 0 aliphatic rings. The highest BCUT2D eigenvalue weighted by atomic mass is 15.1. The third-order valence-corrected chi connectivity index (χ3v) is 3.07. The van der Waals surface area contributed by atoms with Crippen LogP contribution in [0.15, 0.2) is 37.4 Å². The maximum atomic E-state index is 4.14. The molecule has 4 heteroatoms. The summed E-state index contributed by atoms with van der Waals surface area (Å²) in [7, 11) is 0. The molecule has 0 radical (unpaired) electrons. The van der Waals surface area contributed by atoms with Crippen molar-refractivity contribution in [2.75, 3.05) is 0 Å². The summed E-state index contributed by atoms with van der Waals surface area (Å²) in [6.45, 7) is 3.21. The molecular formula is C13H20N4. The van der Waals surface area contributed by atoms with Gasteiger partial charge in [-0.3, -0.25) is 0 Å². The van der Waals surface area contributed by atoms with Crippen molar-refractivity contribution in [2.24, 2.45) is 0 Å². The third kappa shape index (κ3) is 3.44. The number of aromatic nitrogens is 4. The lowest BCUT2D eigenvalue weighted by atomic mass is 10.1. The molecule has 0 aromatic carbocycles. The molecule has 17 heavy (non-hydrogen) atoms. The third-order valence-electron chi connectivity index (χ3n) is 3.07. The largest absolute Gasteiger partial charge is 0.335 e. The van der Waals surface area contributed by atoms with Crippen LogP contribution in [0.4, 0.5) is 0 Å². The molecule has 1 unspecified atom stereocenters. The quantitative estimate of drug-likeness (QED) is 0.688. The van der Waals surface area contributed by atoms with Gasteiger partial charge in [-0.05, 0) is 6.42 Å². The van der Waals surface area contributed by atoms with Gasteiger partial charge in [0.15, 0.2) is 0 Å². The Morgan fingerprint density at radius 3 is 2.53 bits per heavy atom. The van der Waals surface area contributed by atoms with Crippen LogP contribution in [0.1, 0.15) is 38.6 Å². The number of hydrogen-bond donors (Lipinski definition) is 0. The second-order valence-corrected chi connectivity index (χ2v) is 4.42. The second-order valence-electron chi connectivity index (χ2n) is 4.42. The number of rotatable bonds is 7. The van der Waals surface area contributed by atoms with E-state index in [1.54, 1.807) is 0 Å². The van der Waals surface area contributed by atoms with Gasteiger partial charge in [0.25, 0.3) is 0 Å². The van der Waals surface area contributed by atoms with Crippen LogP contribution in [-0.4, -0.2) is 19.1 Å². The van der Waals surface area contributed by atoms with Gasteiger partial charge in [0.1, 0.15) is 0 Å². The summed E-state index contributed by atoms with van der Waals surface area (Å²) in [4.78, 5) is 8.23. The summed E-state index contributed by atoms with van der Waals surface area (Å²) in [5, 5.41) is 0. The van der Waals surface area contributed by atoms with Gasteiger partial charge in [0, 0.05) is 31.3 Å². The van der Waals surface area contributed by atoms with Crippen molar-refractivity contribution in [1.29, 1.82) is 0 Å². The van der Waals surface area contributed by atoms with E-state index in [0.29, 0.717) is 6.04 Å². The fourth-order valence-electron chi connectivity index (χ4n) is 2.09. The Bertz CT molecular complexity index is 391. The highest BCUT2D eigenvalue weighted by Gasteiger charge is 2.10. The van der Waals surface area contributed by atoms with Gasteiger partial charge in [-0.15, -0.1) is 0 Å². The number of nitrogens with zero attached hydrogens (tertiary/aromatic N) is 4. The lowest BCUT2D eigenvalue weighted by Gasteiger charge is -2.18. The summed E-state index contributed by atoms with van der Waals surface area (Å²) in [5.41, 5.74) is 0. The molecule has 0 saturated carbocycles. The minimum absolute atomic E-state index is 0.484. The van der Waals surface area contributed by atoms with Crippen LogP contribution in [-0.2, 0) is 6.54 Å². The fraction of sp³-hybridized carbons (Fsp3) is 0.538. The monoisotopic (exact) mass is 232 g/mol. The number of unbranched alkanes of at least 4 members (excludes halogenated alkanes) is 2. The van der Waals surface area contributed by atoms with Gasteiger partial charge < -0.3 is 9.13 Å². The van der Waals surface area contributed by atoms with E-state index >= 15 is 0 Å². The Balaban J connectivity index is 1.97. The topological polar surface area (TPSA) is 35.6 Å². The Labute approximate surface area is 102 Å². The average molecular weight is 232 g/mol. The van der Waals surface area contributed by atoms with Crippen LogP contribution in [0.3, 0.4) is 0 Å². The molecule has 2 rings (SSSR count). The molecule has 4 nitrogen and oxygen atoms in total. The van der Waals surface area contributed by atoms with E-state index in [-0.39, 0.29) is 0 Å². The first-order valence-corrected chi connectivity index (χ1v) is 6.33. The zero-order chi connectivity index (χ0) is 11.9. The summed E-state index contributed by atoms with van der Waals surface area (Å²) >= 11 is 0. The van der Waals surface area contributed by atoms with E-state index in [2.05, 4.69) is 26.0 Å². The Morgan fingerprint density at radius 1 is 1.06 bits per heavy atom. The standard InChI is InChI=1S/C13H20N4/c1-2-3-4-5-13(17-9-7-15-12-17)10-16-8-6-14-11-16/h6-9,11-13H,2-5,10H2,1H3. The van der Waals surface area contributed by atoms with E-state index in [1.807, 2.05) is 37.4 Å².